The Morgan fingerprint density at radius 3 is 2.50 bits per heavy atom. The van der Waals surface area contributed by atoms with E-state index in [2.05, 4.69) is 17.4 Å². The summed E-state index contributed by atoms with van der Waals surface area (Å²) in [7, 11) is 0. The molecule has 0 saturated heterocycles. The van der Waals surface area contributed by atoms with Gasteiger partial charge in [-0.2, -0.15) is 13.2 Å². The Balaban J connectivity index is 1.67. The Labute approximate surface area is 164 Å². The number of anilines is 1. The largest absolute Gasteiger partial charge is 0.416 e. The fourth-order valence-corrected chi connectivity index (χ4v) is 5.16. The highest BCUT2D eigenvalue weighted by atomic mass is 19.4. The Hall–Kier alpha value is -2.01. The average molecular weight is 388 g/mol. The smallest absolute Gasteiger partial charge is 0.378 e. The topological polar surface area (TPSA) is 38.0 Å². The minimum absolute atomic E-state index is 0.148. The lowest BCUT2D eigenvalue weighted by Gasteiger charge is -2.38. The van der Waals surface area contributed by atoms with Crippen molar-refractivity contribution in [3.63, 3.8) is 0 Å². The van der Waals surface area contributed by atoms with E-state index in [-0.39, 0.29) is 12.0 Å². The minimum atomic E-state index is -4.31. The molecule has 1 fully saturated rings. The molecular formula is C23H27F3N2. The predicted molar refractivity (Wildman–Crippen MR) is 106 cm³/mol. The molecule has 5 heteroatoms. The van der Waals surface area contributed by atoms with Gasteiger partial charge in [-0.3, -0.25) is 0 Å². The van der Waals surface area contributed by atoms with Crippen molar-refractivity contribution in [3.8, 4) is 0 Å². The number of alkyl halides is 3. The molecule has 1 heterocycles. The predicted octanol–water partition coefficient (Wildman–Crippen LogP) is 6.11. The number of hydrogen-bond donors (Lipinski definition) is 2. The van der Waals surface area contributed by atoms with Gasteiger partial charge in [-0.1, -0.05) is 43.2 Å². The molecule has 4 atom stereocenters. The Bertz CT molecular complexity index is 803. The summed E-state index contributed by atoms with van der Waals surface area (Å²) in [5.41, 5.74) is 7.99. The second kappa shape index (κ2) is 7.78. The van der Waals surface area contributed by atoms with E-state index in [0.717, 1.165) is 43.4 Å². The average Bonchev–Trinajstić information content (AvgIpc) is 3.11. The Morgan fingerprint density at radius 2 is 1.79 bits per heavy atom. The number of nitrogens with two attached hydrogens (primary N) is 1. The van der Waals surface area contributed by atoms with Crippen molar-refractivity contribution in [3.05, 3.63) is 65.2 Å². The molecule has 1 aliphatic carbocycles. The first-order valence-corrected chi connectivity index (χ1v) is 10.2. The lowest BCUT2D eigenvalue weighted by Crippen LogP contribution is -2.29. The molecule has 3 N–H and O–H groups in total. The summed E-state index contributed by atoms with van der Waals surface area (Å²) in [6.07, 6.45) is 0.937. The monoisotopic (exact) mass is 388 g/mol. The lowest BCUT2D eigenvalue weighted by atomic mass is 9.77. The zero-order valence-corrected chi connectivity index (χ0v) is 15.9. The molecule has 0 bridgehead atoms. The highest BCUT2D eigenvalue weighted by Gasteiger charge is 2.44. The van der Waals surface area contributed by atoms with E-state index in [4.69, 9.17) is 5.73 Å². The molecule has 28 heavy (non-hydrogen) atoms. The van der Waals surface area contributed by atoms with Crippen molar-refractivity contribution in [2.45, 2.75) is 50.2 Å². The van der Waals surface area contributed by atoms with Crippen molar-refractivity contribution in [2.75, 3.05) is 11.9 Å². The standard InChI is InChI=1S/C23H27F3N2/c24-23(25,26)17-9-10-21-19(14-17)18-12-15(6-4-5-11-27)13-20(18)22(28-21)16-7-2-1-3-8-16/h1-3,7-10,14-15,18,20,22,28H,4-6,11-13,27H2/t15-,18?,20+,22-/m0/s1. The van der Waals surface area contributed by atoms with Crippen LogP contribution in [0.1, 0.15) is 60.8 Å². The highest BCUT2D eigenvalue weighted by molar-refractivity contribution is 5.59. The van der Waals surface area contributed by atoms with Crippen LogP contribution in [0.4, 0.5) is 18.9 Å². The fourth-order valence-electron chi connectivity index (χ4n) is 5.16. The minimum Gasteiger partial charge on any atom is -0.378 e. The molecule has 1 aliphatic heterocycles. The van der Waals surface area contributed by atoms with Gasteiger partial charge in [-0.15, -0.1) is 0 Å². The fraction of sp³-hybridized carbons (Fsp3) is 0.478. The van der Waals surface area contributed by atoms with Crippen molar-refractivity contribution in [1.82, 2.24) is 0 Å². The van der Waals surface area contributed by atoms with Crippen LogP contribution in [0, 0.1) is 11.8 Å². The van der Waals surface area contributed by atoms with E-state index < -0.39 is 11.7 Å². The van der Waals surface area contributed by atoms with Crippen LogP contribution in [0.2, 0.25) is 0 Å². The van der Waals surface area contributed by atoms with Crippen LogP contribution in [0.15, 0.2) is 48.5 Å². The lowest BCUT2D eigenvalue weighted by molar-refractivity contribution is -0.137. The molecule has 1 saturated carbocycles. The molecule has 2 aliphatic rings. The molecule has 2 aromatic rings. The van der Waals surface area contributed by atoms with Crippen molar-refractivity contribution in [2.24, 2.45) is 17.6 Å². The quantitative estimate of drug-likeness (QED) is 0.606. The number of nitrogens with one attached hydrogen (secondary N) is 1. The molecule has 0 aromatic heterocycles. The van der Waals surface area contributed by atoms with Crippen molar-refractivity contribution in [1.29, 1.82) is 0 Å². The van der Waals surface area contributed by atoms with Crippen molar-refractivity contribution < 1.29 is 13.2 Å². The van der Waals surface area contributed by atoms with Gasteiger partial charge < -0.3 is 11.1 Å². The summed E-state index contributed by atoms with van der Waals surface area (Å²) >= 11 is 0. The van der Waals surface area contributed by atoms with Gasteiger partial charge >= 0.3 is 6.18 Å². The van der Waals surface area contributed by atoms with Gasteiger partial charge in [0.2, 0.25) is 0 Å². The van der Waals surface area contributed by atoms with Gasteiger partial charge in [0, 0.05) is 5.69 Å². The first-order valence-electron chi connectivity index (χ1n) is 10.2. The van der Waals surface area contributed by atoms with Gasteiger partial charge in [-0.25, -0.2) is 0 Å². The maximum atomic E-state index is 13.3. The summed E-state index contributed by atoms with van der Waals surface area (Å²) in [4.78, 5) is 0. The number of hydrogen-bond acceptors (Lipinski definition) is 2. The first-order chi connectivity index (χ1) is 13.5. The van der Waals surface area contributed by atoms with Gasteiger partial charge in [0.1, 0.15) is 0 Å². The molecule has 0 radical (unpaired) electrons. The number of benzene rings is 2. The summed E-state index contributed by atoms with van der Waals surface area (Å²) in [6.45, 7) is 0.700. The number of fused-ring (bicyclic) bond motifs is 3. The summed E-state index contributed by atoms with van der Waals surface area (Å²) in [5.74, 6) is 1.04. The van der Waals surface area contributed by atoms with Gasteiger partial charge in [0.05, 0.1) is 11.6 Å². The maximum Gasteiger partial charge on any atom is 0.416 e. The summed E-state index contributed by atoms with van der Waals surface area (Å²) in [6, 6.07) is 14.6. The van der Waals surface area contributed by atoms with Crippen LogP contribution in [-0.4, -0.2) is 6.54 Å². The molecule has 0 spiro atoms. The molecule has 0 amide bonds. The summed E-state index contributed by atoms with van der Waals surface area (Å²) in [5, 5.41) is 3.56. The van der Waals surface area contributed by atoms with Crippen LogP contribution >= 0.6 is 0 Å². The summed E-state index contributed by atoms with van der Waals surface area (Å²) < 4.78 is 39.9. The van der Waals surface area contributed by atoms with E-state index in [1.807, 2.05) is 18.2 Å². The van der Waals surface area contributed by atoms with E-state index in [0.29, 0.717) is 18.4 Å². The van der Waals surface area contributed by atoms with Crippen LogP contribution < -0.4 is 11.1 Å². The van der Waals surface area contributed by atoms with E-state index in [9.17, 15) is 13.2 Å². The third-order valence-electron chi connectivity index (χ3n) is 6.45. The third kappa shape index (κ3) is 3.77. The first kappa shape index (κ1) is 19.3. The zero-order valence-electron chi connectivity index (χ0n) is 15.9. The molecule has 4 rings (SSSR count). The number of halogens is 3. The molecule has 1 unspecified atom stereocenters. The number of unbranched alkanes of at least 4 members (excludes halogenated alkanes) is 1. The van der Waals surface area contributed by atoms with E-state index >= 15 is 0 Å². The van der Waals surface area contributed by atoms with E-state index in [1.165, 1.54) is 17.7 Å². The normalized spacial score (nSPS) is 26.4. The molecule has 150 valence electrons. The zero-order chi connectivity index (χ0) is 19.7. The number of rotatable bonds is 5. The third-order valence-corrected chi connectivity index (χ3v) is 6.45. The van der Waals surface area contributed by atoms with Gasteiger partial charge in [0.15, 0.2) is 0 Å². The molecular weight excluding hydrogens is 361 g/mol. The SMILES string of the molecule is NCCCC[C@H]1CC2c3cc(C(F)(F)F)ccc3N[C@@H](c3ccccc3)[C@@H]2C1. The molecule has 2 aromatic carbocycles. The second-order valence-electron chi connectivity index (χ2n) is 8.22. The van der Waals surface area contributed by atoms with Gasteiger partial charge in [0.25, 0.3) is 0 Å². The van der Waals surface area contributed by atoms with E-state index in [1.54, 1.807) is 6.07 Å². The van der Waals surface area contributed by atoms with Crippen LogP contribution in [0.3, 0.4) is 0 Å². The second-order valence-corrected chi connectivity index (χ2v) is 8.22. The molecule has 2 nitrogen and oxygen atoms in total. The van der Waals surface area contributed by atoms with Crippen LogP contribution in [0.5, 0.6) is 0 Å². The van der Waals surface area contributed by atoms with Crippen LogP contribution in [0.25, 0.3) is 0 Å². The van der Waals surface area contributed by atoms with Crippen molar-refractivity contribution >= 4 is 5.69 Å². The maximum absolute atomic E-state index is 13.3. The Morgan fingerprint density at radius 1 is 1.00 bits per heavy atom. The van der Waals surface area contributed by atoms with Crippen LogP contribution in [-0.2, 0) is 6.18 Å². The highest BCUT2D eigenvalue weighted by Crippen LogP contribution is 2.56. The van der Waals surface area contributed by atoms with Gasteiger partial charge in [-0.05, 0) is 72.9 Å². The Kier molecular flexibility index (Phi) is 5.37.